The molecule has 0 radical (unpaired) electrons. The molecule has 0 bridgehead atoms. The zero-order valence-electron chi connectivity index (χ0n) is 15.5. The van der Waals surface area contributed by atoms with Gasteiger partial charge in [0.25, 0.3) is 0 Å². The maximum absolute atomic E-state index is 5.26. The molecule has 27 heavy (non-hydrogen) atoms. The zero-order chi connectivity index (χ0) is 18.4. The van der Waals surface area contributed by atoms with Gasteiger partial charge in [-0.1, -0.05) is 0 Å². The number of fused-ring (bicyclic) bond motifs is 2. The van der Waals surface area contributed by atoms with Gasteiger partial charge in [0.1, 0.15) is 5.82 Å². The molecular formula is C18H22N8O. The van der Waals surface area contributed by atoms with E-state index in [-0.39, 0.29) is 0 Å². The summed E-state index contributed by atoms with van der Waals surface area (Å²) >= 11 is 0. The fourth-order valence-corrected chi connectivity index (χ4v) is 4.31. The van der Waals surface area contributed by atoms with Gasteiger partial charge in [0, 0.05) is 44.3 Å². The third-order valence-corrected chi connectivity index (χ3v) is 5.72. The number of anilines is 2. The van der Waals surface area contributed by atoms with Gasteiger partial charge in [0.15, 0.2) is 5.82 Å². The lowest BCUT2D eigenvalue weighted by molar-refractivity contribution is 0.379. The number of aryl methyl sites for hydroxylation is 1. The second kappa shape index (κ2) is 6.33. The van der Waals surface area contributed by atoms with Crippen LogP contribution in [-0.2, 0) is 0 Å². The van der Waals surface area contributed by atoms with Crippen LogP contribution in [0.15, 0.2) is 24.7 Å². The van der Waals surface area contributed by atoms with E-state index in [1.54, 1.807) is 19.4 Å². The van der Waals surface area contributed by atoms with Crippen molar-refractivity contribution in [3.63, 3.8) is 0 Å². The lowest BCUT2D eigenvalue weighted by Gasteiger charge is -2.38. The van der Waals surface area contributed by atoms with Crippen molar-refractivity contribution < 1.29 is 4.74 Å². The number of ether oxygens (including phenoxy) is 1. The van der Waals surface area contributed by atoms with Crippen LogP contribution in [0, 0.1) is 12.8 Å². The van der Waals surface area contributed by atoms with Gasteiger partial charge in [0.05, 0.1) is 13.2 Å². The maximum Gasteiger partial charge on any atom is 0.228 e. The Balaban J connectivity index is 1.46. The van der Waals surface area contributed by atoms with Crippen LogP contribution in [-0.4, -0.2) is 62.3 Å². The molecule has 3 aromatic rings. The van der Waals surface area contributed by atoms with E-state index >= 15 is 0 Å². The minimum atomic E-state index is 0.365. The van der Waals surface area contributed by atoms with E-state index in [2.05, 4.69) is 34.9 Å². The van der Waals surface area contributed by atoms with Crippen molar-refractivity contribution in [2.24, 2.45) is 5.92 Å². The van der Waals surface area contributed by atoms with Gasteiger partial charge in [-0.25, -0.2) is 9.97 Å². The van der Waals surface area contributed by atoms with Crippen LogP contribution in [0.2, 0.25) is 0 Å². The van der Waals surface area contributed by atoms with Crippen LogP contribution in [0.4, 0.5) is 11.8 Å². The molecule has 5 heterocycles. The fraction of sp³-hybridized carbons (Fsp3) is 0.500. The summed E-state index contributed by atoms with van der Waals surface area (Å²) in [7, 11) is 1.63. The van der Waals surface area contributed by atoms with Gasteiger partial charge in [-0.2, -0.15) is 4.98 Å². The summed E-state index contributed by atoms with van der Waals surface area (Å²) in [5, 5.41) is 8.57. The summed E-state index contributed by atoms with van der Waals surface area (Å²) < 4.78 is 7.26. The number of hydrogen-bond donors (Lipinski definition) is 0. The summed E-state index contributed by atoms with van der Waals surface area (Å²) in [5.74, 6) is 3.76. The van der Waals surface area contributed by atoms with Crippen LogP contribution in [0.1, 0.15) is 18.7 Å². The molecule has 0 aliphatic carbocycles. The Morgan fingerprint density at radius 1 is 1.11 bits per heavy atom. The molecule has 2 unspecified atom stereocenters. The average molecular weight is 366 g/mol. The van der Waals surface area contributed by atoms with Crippen molar-refractivity contribution >= 4 is 17.4 Å². The Labute approximate surface area is 157 Å². The molecule has 9 heteroatoms. The molecular weight excluding hydrogens is 344 g/mol. The van der Waals surface area contributed by atoms with Gasteiger partial charge in [-0.3, -0.25) is 4.40 Å². The molecule has 2 atom stereocenters. The highest BCUT2D eigenvalue weighted by Gasteiger charge is 2.40. The monoisotopic (exact) mass is 366 g/mol. The van der Waals surface area contributed by atoms with E-state index < -0.39 is 0 Å². The summed E-state index contributed by atoms with van der Waals surface area (Å²) in [4.78, 5) is 18.3. The Kier molecular flexibility index (Phi) is 3.80. The number of hydrogen-bond acceptors (Lipinski definition) is 8. The third kappa shape index (κ3) is 2.65. The Hall–Kier alpha value is -2.97. The molecule has 2 aliphatic rings. The Morgan fingerprint density at radius 2 is 2.00 bits per heavy atom. The molecule has 0 N–H and O–H groups in total. The summed E-state index contributed by atoms with van der Waals surface area (Å²) in [6.07, 6.45) is 7.79. The number of rotatable bonds is 3. The molecule has 2 saturated heterocycles. The molecule has 0 aromatic carbocycles. The standard InChI is InChI=1S/C18H22N8O/c1-12-22-23-17-16(19-7-10-25(12)17)26-9-5-13-4-8-24(11-14(13)26)18-20-6-3-15(21-18)27-2/h3,6-7,10,13-14H,4-5,8-9,11H2,1-2H3. The first-order chi connectivity index (χ1) is 13.2. The summed E-state index contributed by atoms with van der Waals surface area (Å²) in [6, 6.07) is 2.14. The number of nitrogens with zero attached hydrogens (tertiary/aromatic N) is 8. The van der Waals surface area contributed by atoms with E-state index in [0.717, 1.165) is 49.3 Å². The van der Waals surface area contributed by atoms with Crippen LogP contribution < -0.4 is 14.5 Å². The first-order valence-electron chi connectivity index (χ1n) is 9.29. The SMILES string of the molecule is COc1ccnc(N2CCC3CCN(c4nccn5c(C)nnc45)C3C2)n1. The van der Waals surface area contributed by atoms with Gasteiger partial charge in [-0.05, 0) is 25.7 Å². The van der Waals surface area contributed by atoms with Crippen molar-refractivity contribution in [1.82, 2.24) is 29.5 Å². The van der Waals surface area contributed by atoms with Crippen LogP contribution >= 0.6 is 0 Å². The van der Waals surface area contributed by atoms with Crippen molar-refractivity contribution in [2.75, 3.05) is 36.5 Å². The lowest BCUT2D eigenvalue weighted by atomic mass is 9.92. The van der Waals surface area contributed by atoms with Crippen LogP contribution in [0.5, 0.6) is 5.88 Å². The van der Waals surface area contributed by atoms with E-state index in [1.807, 2.05) is 23.7 Å². The third-order valence-electron chi connectivity index (χ3n) is 5.72. The molecule has 9 nitrogen and oxygen atoms in total. The maximum atomic E-state index is 5.26. The van der Waals surface area contributed by atoms with E-state index in [1.165, 1.54) is 6.42 Å². The second-order valence-electron chi connectivity index (χ2n) is 7.13. The molecule has 0 saturated carbocycles. The summed E-state index contributed by atoms with van der Waals surface area (Å²) in [6.45, 7) is 4.78. The van der Waals surface area contributed by atoms with E-state index in [4.69, 9.17) is 4.74 Å². The first kappa shape index (κ1) is 16.2. The first-order valence-corrected chi connectivity index (χ1v) is 9.29. The minimum absolute atomic E-state index is 0.365. The van der Waals surface area contributed by atoms with E-state index in [0.29, 0.717) is 17.8 Å². The van der Waals surface area contributed by atoms with Gasteiger partial charge in [0.2, 0.25) is 17.5 Å². The number of piperidine rings is 1. The quantitative estimate of drug-likeness (QED) is 0.687. The summed E-state index contributed by atoms with van der Waals surface area (Å²) in [5.41, 5.74) is 0.824. The Bertz CT molecular complexity index is 973. The van der Waals surface area contributed by atoms with Gasteiger partial charge < -0.3 is 14.5 Å². The van der Waals surface area contributed by atoms with Gasteiger partial charge in [-0.15, -0.1) is 10.2 Å². The van der Waals surface area contributed by atoms with Crippen molar-refractivity contribution in [1.29, 1.82) is 0 Å². The lowest BCUT2D eigenvalue weighted by Crippen LogP contribution is -2.49. The molecule has 140 valence electrons. The average Bonchev–Trinajstić information content (AvgIpc) is 3.31. The van der Waals surface area contributed by atoms with Crippen LogP contribution in [0.3, 0.4) is 0 Å². The van der Waals surface area contributed by atoms with Crippen molar-refractivity contribution in [2.45, 2.75) is 25.8 Å². The predicted molar refractivity (Wildman–Crippen MR) is 100 cm³/mol. The van der Waals surface area contributed by atoms with Crippen molar-refractivity contribution in [3.05, 3.63) is 30.5 Å². The Morgan fingerprint density at radius 3 is 2.89 bits per heavy atom. The molecule has 5 rings (SSSR count). The minimum Gasteiger partial charge on any atom is -0.481 e. The molecule has 2 fully saturated rings. The normalized spacial score (nSPS) is 22.3. The smallest absolute Gasteiger partial charge is 0.228 e. The highest BCUT2D eigenvalue weighted by molar-refractivity contribution is 5.65. The highest BCUT2D eigenvalue weighted by Crippen LogP contribution is 2.36. The zero-order valence-corrected chi connectivity index (χ0v) is 15.5. The largest absolute Gasteiger partial charge is 0.481 e. The molecule has 3 aromatic heterocycles. The highest BCUT2D eigenvalue weighted by atomic mass is 16.5. The number of methoxy groups -OCH3 is 1. The molecule has 2 aliphatic heterocycles. The fourth-order valence-electron chi connectivity index (χ4n) is 4.31. The van der Waals surface area contributed by atoms with Crippen molar-refractivity contribution in [3.8, 4) is 5.88 Å². The van der Waals surface area contributed by atoms with E-state index in [9.17, 15) is 0 Å². The number of aromatic nitrogens is 6. The molecule has 0 amide bonds. The predicted octanol–water partition coefficient (Wildman–Crippen LogP) is 1.34. The topological polar surface area (TPSA) is 84.6 Å². The second-order valence-corrected chi connectivity index (χ2v) is 7.13. The molecule has 0 spiro atoms. The van der Waals surface area contributed by atoms with Crippen LogP contribution in [0.25, 0.3) is 5.65 Å². The van der Waals surface area contributed by atoms with Gasteiger partial charge >= 0.3 is 0 Å².